The lowest BCUT2D eigenvalue weighted by atomic mass is 9.84. The molecule has 2 heterocycles. The number of nitrogens with zero attached hydrogens (tertiary/aromatic N) is 2. The molecule has 0 amide bonds. The molecule has 2 unspecified atom stereocenters. The highest BCUT2D eigenvalue weighted by Crippen LogP contribution is 2.32. The molecule has 2 aliphatic heterocycles. The predicted octanol–water partition coefficient (Wildman–Crippen LogP) is 2.48. The van der Waals surface area contributed by atoms with Gasteiger partial charge in [-0.3, -0.25) is 9.89 Å². The summed E-state index contributed by atoms with van der Waals surface area (Å²) in [6.07, 6.45) is 4.27. The third-order valence-electron chi connectivity index (χ3n) is 6.25. The fourth-order valence-corrected chi connectivity index (χ4v) is 4.37. The molecule has 6 heteroatoms. The average Bonchev–Trinajstić information content (AvgIpc) is 3.41. The van der Waals surface area contributed by atoms with Crippen molar-refractivity contribution in [3.63, 3.8) is 0 Å². The molecule has 6 nitrogen and oxygen atoms in total. The molecule has 3 rings (SSSR count). The Morgan fingerprint density at radius 1 is 1.24 bits per heavy atom. The molecule has 1 aromatic rings. The highest BCUT2D eigenvalue weighted by molar-refractivity contribution is 5.79. The van der Waals surface area contributed by atoms with Gasteiger partial charge in [-0.25, -0.2) is 0 Å². The molecule has 0 saturated carbocycles. The van der Waals surface area contributed by atoms with Crippen LogP contribution in [0.5, 0.6) is 0 Å². The topological polar surface area (TPSA) is 69.1 Å². The largest absolute Gasteiger partial charge is 0.396 e. The van der Waals surface area contributed by atoms with Gasteiger partial charge in [-0.1, -0.05) is 29.8 Å². The van der Waals surface area contributed by atoms with E-state index >= 15 is 0 Å². The standard InChI is InChI=1S/C23H38N4O2/c1-3-24-22(26-17-23(10-14-28)11-15-29-18-23)25-16-21(27-12-4-5-13-27)20-8-6-19(2)7-9-20/h6-9,21,28H,3-5,10-18H2,1-2H3,(H2,24,25,26). The van der Waals surface area contributed by atoms with Crippen LogP contribution in [0.15, 0.2) is 29.3 Å². The molecule has 0 spiro atoms. The number of likely N-dealkylation sites (tertiary alicyclic amines) is 1. The fourth-order valence-electron chi connectivity index (χ4n) is 4.37. The summed E-state index contributed by atoms with van der Waals surface area (Å²) >= 11 is 0. The maximum absolute atomic E-state index is 9.46. The Balaban J connectivity index is 1.68. The van der Waals surface area contributed by atoms with Gasteiger partial charge in [0.25, 0.3) is 0 Å². The van der Waals surface area contributed by atoms with Gasteiger partial charge in [-0.05, 0) is 58.2 Å². The number of guanidine groups is 1. The van der Waals surface area contributed by atoms with Gasteiger partial charge >= 0.3 is 0 Å². The van der Waals surface area contributed by atoms with Crippen LogP contribution in [0.1, 0.15) is 49.8 Å². The number of hydrogen-bond acceptors (Lipinski definition) is 4. The number of ether oxygens (including phenoxy) is 1. The summed E-state index contributed by atoms with van der Waals surface area (Å²) in [5.74, 6) is 0.855. The third-order valence-corrected chi connectivity index (χ3v) is 6.25. The normalized spacial score (nSPS) is 24.0. The molecule has 2 atom stereocenters. The summed E-state index contributed by atoms with van der Waals surface area (Å²) in [6.45, 7) is 10.5. The van der Waals surface area contributed by atoms with Gasteiger partial charge in [-0.15, -0.1) is 0 Å². The highest BCUT2D eigenvalue weighted by Gasteiger charge is 2.34. The Morgan fingerprint density at radius 2 is 2.00 bits per heavy atom. The van der Waals surface area contributed by atoms with E-state index in [0.717, 1.165) is 51.6 Å². The van der Waals surface area contributed by atoms with Crippen molar-refractivity contribution in [2.45, 2.75) is 45.6 Å². The number of aliphatic hydroxyl groups excluding tert-OH is 1. The Morgan fingerprint density at radius 3 is 2.62 bits per heavy atom. The van der Waals surface area contributed by atoms with E-state index in [0.29, 0.717) is 19.2 Å². The summed E-state index contributed by atoms with van der Waals surface area (Å²) in [5, 5.41) is 16.4. The Kier molecular flexibility index (Phi) is 8.33. The number of hydrogen-bond donors (Lipinski definition) is 3. The van der Waals surface area contributed by atoms with Crippen molar-refractivity contribution in [1.29, 1.82) is 0 Å². The lowest BCUT2D eigenvalue weighted by Crippen LogP contribution is -2.43. The van der Waals surface area contributed by atoms with Gasteiger partial charge in [-0.2, -0.15) is 0 Å². The quantitative estimate of drug-likeness (QED) is 0.437. The van der Waals surface area contributed by atoms with Crippen molar-refractivity contribution in [2.24, 2.45) is 10.4 Å². The molecule has 162 valence electrons. The van der Waals surface area contributed by atoms with Crippen LogP contribution >= 0.6 is 0 Å². The lowest BCUT2D eigenvalue weighted by molar-refractivity contribution is 0.131. The summed E-state index contributed by atoms with van der Waals surface area (Å²) in [6, 6.07) is 9.28. The molecule has 1 aromatic carbocycles. The first-order valence-electron chi connectivity index (χ1n) is 11.2. The van der Waals surface area contributed by atoms with Crippen molar-refractivity contribution in [2.75, 3.05) is 52.5 Å². The van der Waals surface area contributed by atoms with E-state index in [2.05, 4.69) is 53.6 Å². The lowest BCUT2D eigenvalue weighted by Gasteiger charge is -2.29. The highest BCUT2D eigenvalue weighted by atomic mass is 16.5. The molecule has 29 heavy (non-hydrogen) atoms. The molecular formula is C23H38N4O2. The summed E-state index contributed by atoms with van der Waals surface area (Å²) in [5.41, 5.74) is 2.63. The number of benzene rings is 1. The van der Waals surface area contributed by atoms with Gasteiger partial charge in [0.15, 0.2) is 5.96 Å². The summed E-state index contributed by atoms with van der Waals surface area (Å²) in [7, 11) is 0. The molecule has 0 bridgehead atoms. The second-order valence-electron chi connectivity index (χ2n) is 8.52. The first-order valence-corrected chi connectivity index (χ1v) is 11.2. The number of rotatable bonds is 9. The summed E-state index contributed by atoms with van der Waals surface area (Å²) < 4.78 is 5.61. The van der Waals surface area contributed by atoms with E-state index in [1.807, 2.05) is 0 Å². The Labute approximate surface area is 175 Å². The second kappa shape index (κ2) is 11.0. The fraction of sp³-hybridized carbons (Fsp3) is 0.696. The minimum Gasteiger partial charge on any atom is -0.396 e. The van der Waals surface area contributed by atoms with Crippen LogP contribution in [0.25, 0.3) is 0 Å². The van der Waals surface area contributed by atoms with Crippen LogP contribution in [-0.2, 0) is 4.74 Å². The Hall–Kier alpha value is -1.63. The summed E-state index contributed by atoms with van der Waals surface area (Å²) in [4.78, 5) is 7.46. The Bertz CT molecular complexity index is 635. The zero-order chi connectivity index (χ0) is 20.5. The van der Waals surface area contributed by atoms with Crippen molar-refractivity contribution in [1.82, 2.24) is 15.5 Å². The molecule has 3 N–H and O–H groups in total. The van der Waals surface area contributed by atoms with Crippen molar-refractivity contribution < 1.29 is 9.84 Å². The minimum absolute atomic E-state index is 0.0254. The van der Waals surface area contributed by atoms with Gasteiger partial charge in [0.05, 0.1) is 19.2 Å². The predicted molar refractivity (Wildman–Crippen MR) is 118 cm³/mol. The third kappa shape index (κ3) is 6.17. The first-order chi connectivity index (χ1) is 14.2. The van der Waals surface area contributed by atoms with Crippen molar-refractivity contribution in [3.05, 3.63) is 35.4 Å². The average molecular weight is 403 g/mol. The monoisotopic (exact) mass is 402 g/mol. The van der Waals surface area contributed by atoms with Gasteiger partial charge in [0.2, 0.25) is 0 Å². The van der Waals surface area contributed by atoms with Gasteiger partial charge in [0, 0.05) is 31.7 Å². The van der Waals surface area contributed by atoms with E-state index in [-0.39, 0.29) is 12.0 Å². The number of aryl methyl sites for hydroxylation is 1. The first kappa shape index (κ1) is 22.1. The van der Waals surface area contributed by atoms with Crippen LogP contribution in [0.2, 0.25) is 0 Å². The van der Waals surface area contributed by atoms with Gasteiger partial charge in [0.1, 0.15) is 0 Å². The minimum atomic E-state index is -0.0254. The van der Waals surface area contributed by atoms with E-state index < -0.39 is 0 Å². The van der Waals surface area contributed by atoms with Crippen molar-refractivity contribution >= 4 is 5.96 Å². The van der Waals surface area contributed by atoms with E-state index in [9.17, 15) is 5.11 Å². The molecule has 0 radical (unpaired) electrons. The molecule has 2 aliphatic rings. The molecule has 0 aliphatic carbocycles. The van der Waals surface area contributed by atoms with E-state index in [4.69, 9.17) is 9.73 Å². The molecule has 0 aromatic heterocycles. The maximum atomic E-state index is 9.46. The number of aliphatic hydroxyl groups is 1. The molecule has 2 saturated heterocycles. The van der Waals surface area contributed by atoms with Crippen LogP contribution < -0.4 is 10.6 Å². The number of nitrogens with one attached hydrogen (secondary N) is 2. The molecule has 2 fully saturated rings. The van der Waals surface area contributed by atoms with Crippen molar-refractivity contribution in [3.8, 4) is 0 Å². The number of aliphatic imine (C=N–C) groups is 1. The second-order valence-corrected chi connectivity index (χ2v) is 8.52. The van der Waals surface area contributed by atoms with Crippen LogP contribution in [0, 0.1) is 12.3 Å². The maximum Gasteiger partial charge on any atom is 0.191 e. The van der Waals surface area contributed by atoms with Crippen LogP contribution in [-0.4, -0.2) is 68.5 Å². The zero-order valence-electron chi connectivity index (χ0n) is 18.1. The smallest absolute Gasteiger partial charge is 0.191 e. The van der Waals surface area contributed by atoms with Crippen LogP contribution in [0.3, 0.4) is 0 Å². The van der Waals surface area contributed by atoms with E-state index in [1.165, 1.54) is 24.0 Å². The SMILES string of the molecule is CCNC(=NCC1(CCO)CCOC1)NCC(c1ccc(C)cc1)N1CCCC1. The molecular weight excluding hydrogens is 364 g/mol. The van der Waals surface area contributed by atoms with E-state index in [1.54, 1.807) is 0 Å². The zero-order valence-corrected chi connectivity index (χ0v) is 18.1. The van der Waals surface area contributed by atoms with Crippen LogP contribution in [0.4, 0.5) is 0 Å². The van der Waals surface area contributed by atoms with Gasteiger partial charge < -0.3 is 20.5 Å².